The van der Waals surface area contributed by atoms with Gasteiger partial charge in [-0.15, -0.1) is 0 Å². The Morgan fingerprint density at radius 1 is 1.50 bits per heavy atom. The van der Waals surface area contributed by atoms with Crippen molar-refractivity contribution in [3.05, 3.63) is 16.3 Å². The second-order valence-electron chi connectivity index (χ2n) is 5.43. The first-order chi connectivity index (χ1) is 9.61. The molecule has 1 spiro atoms. The van der Waals surface area contributed by atoms with E-state index < -0.39 is 0 Å². The minimum Gasteiger partial charge on any atom is -0.372 e. The van der Waals surface area contributed by atoms with Gasteiger partial charge in [0.15, 0.2) is 0 Å². The summed E-state index contributed by atoms with van der Waals surface area (Å²) < 4.78 is 7.51. The van der Waals surface area contributed by atoms with Crippen LogP contribution in [0.15, 0.2) is 6.20 Å². The summed E-state index contributed by atoms with van der Waals surface area (Å²) in [5, 5.41) is 18.4. The minimum atomic E-state index is -0.370. The Bertz CT molecular complexity index is 499. The average molecular weight is 281 g/mol. The number of nitro groups is 1. The highest BCUT2D eigenvalue weighted by Crippen LogP contribution is 2.33. The molecule has 8 heteroatoms. The van der Waals surface area contributed by atoms with Crippen molar-refractivity contribution in [3.63, 3.8) is 0 Å². The number of nitrogens with one attached hydrogen (secondary N) is 1. The number of morpholine rings is 1. The van der Waals surface area contributed by atoms with Gasteiger partial charge in [-0.25, -0.2) is 4.68 Å². The third-order valence-corrected chi connectivity index (χ3v) is 4.19. The van der Waals surface area contributed by atoms with Gasteiger partial charge >= 0.3 is 5.69 Å². The highest BCUT2D eigenvalue weighted by atomic mass is 16.6. The van der Waals surface area contributed by atoms with Gasteiger partial charge in [0.25, 0.3) is 0 Å². The molecular formula is C12H19N5O3. The maximum absolute atomic E-state index is 11.1. The first kappa shape index (κ1) is 13.3. The fourth-order valence-corrected chi connectivity index (χ4v) is 3.07. The number of aryl methyl sites for hydroxylation is 1. The molecule has 0 aliphatic carbocycles. The molecule has 2 aliphatic heterocycles. The van der Waals surface area contributed by atoms with Gasteiger partial charge in [-0.1, -0.05) is 0 Å². The monoisotopic (exact) mass is 281 g/mol. The molecule has 0 saturated carbocycles. The van der Waals surface area contributed by atoms with Crippen LogP contribution in [-0.2, 0) is 11.8 Å². The fraction of sp³-hybridized carbons (Fsp3) is 0.750. The molecule has 0 unspecified atom stereocenters. The standard InChI is InChI=1S/C12H19N5O3/c1-15-11(10(8-14-15)17(18)19)16-5-2-12(3-6-16)9-13-4-7-20-12/h8,13H,2-7,9H2,1H3. The van der Waals surface area contributed by atoms with Crippen LogP contribution in [-0.4, -0.2) is 53.1 Å². The molecule has 0 radical (unpaired) electrons. The molecule has 1 aromatic rings. The molecule has 1 aromatic heterocycles. The largest absolute Gasteiger partial charge is 0.372 e. The maximum Gasteiger partial charge on any atom is 0.331 e. The lowest BCUT2D eigenvalue weighted by molar-refractivity contribution is -0.384. The van der Waals surface area contributed by atoms with Crippen molar-refractivity contribution in [1.82, 2.24) is 15.1 Å². The Hall–Kier alpha value is -1.67. The molecular weight excluding hydrogens is 262 g/mol. The molecule has 110 valence electrons. The predicted molar refractivity (Wildman–Crippen MR) is 72.9 cm³/mol. The molecule has 0 atom stereocenters. The molecule has 3 heterocycles. The number of hydrogen-bond acceptors (Lipinski definition) is 6. The van der Waals surface area contributed by atoms with Crippen molar-refractivity contribution in [1.29, 1.82) is 0 Å². The maximum atomic E-state index is 11.1. The van der Waals surface area contributed by atoms with E-state index in [0.717, 1.165) is 45.6 Å². The number of ether oxygens (including phenoxy) is 1. The lowest BCUT2D eigenvalue weighted by Gasteiger charge is -2.44. The summed E-state index contributed by atoms with van der Waals surface area (Å²) in [7, 11) is 1.74. The van der Waals surface area contributed by atoms with E-state index in [9.17, 15) is 10.1 Å². The van der Waals surface area contributed by atoms with Gasteiger partial charge in [0.1, 0.15) is 6.20 Å². The zero-order chi connectivity index (χ0) is 14.2. The summed E-state index contributed by atoms with van der Waals surface area (Å²) in [6.07, 6.45) is 3.07. The summed E-state index contributed by atoms with van der Waals surface area (Å²) >= 11 is 0. The number of rotatable bonds is 2. The molecule has 0 aromatic carbocycles. The minimum absolute atomic E-state index is 0.0751. The Labute approximate surface area is 116 Å². The Kier molecular flexibility index (Phi) is 3.35. The van der Waals surface area contributed by atoms with E-state index in [1.807, 2.05) is 4.90 Å². The van der Waals surface area contributed by atoms with Crippen molar-refractivity contribution >= 4 is 11.5 Å². The van der Waals surface area contributed by atoms with Gasteiger partial charge in [-0.05, 0) is 12.8 Å². The van der Waals surface area contributed by atoms with E-state index in [2.05, 4.69) is 10.4 Å². The van der Waals surface area contributed by atoms with Crippen LogP contribution >= 0.6 is 0 Å². The summed E-state index contributed by atoms with van der Waals surface area (Å²) in [5.74, 6) is 0.591. The molecule has 3 rings (SSSR count). The molecule has 8 nitrogen and oxygen atoms in total. The fourth-order valence-electron chi connectivity index (χ4n) is 3.07. The lowest BCUT2D eigenvalue weighted by Crippen LogP contribution is -2.55. The SMILES string of the molecule is Cn1ncc([N+](=O)[O-])c1N1CCC2(CC1)CNCCO2. The Balaban J connectivity index is 1.75. The van der Waals surface area contributed by atoms with Crippen LogP contribution in [0.3, 0.4) is 0 Å². The van der Waals surface area contributed by atoms with E-state index in [-0.39, 0.29) is 16.2 Å². The zero-order valence-corrected chi connectivity index (χ0v) is 11.5. The smallest absolute Gasteiger partial charge is 0.331 e. The van der Waals surface area contributed by atoms with Gasteiger partial charge < -0.3 is 15.0 Å². The first-order valence-corrected chi connectivity index (χ1v) is 6.87. The molecule has 0 amide bonds. The van der Waals surface area contributed by atoms with Crippen molar-refractivity contribution in [2.24, 2.45) is 7.05 Å². The van der Waals surface area contributed by atoms with E-state index in [1.54, 1.807) is 11.7 Å². The molecule has 2 aliphatic rings. The van der Waals surface area contributed by atoms with E-state index in [4.69, 9.17) is 4.74 Å². The van der Waals surface area contributed by atoms with Crippen LogP contribution in [0, 0.1) is 10.1 Å². The van der Waals surface area contributed by atoms with Gasteiger partial charge in [0.2, 0.25) is 5.82 Å². The lowest BCUT2D eigenvalue weighted by atomic mass is 9.90. The summed E-state index contributed by atoms with van der Waals surface area (Å²) in [6, 6.07) is 0. The van der Waals surface area contributed by atoms with E-state index >= 15 is 0 Å². The topological polar surface area (TPSA) is 85.5 Å². The number of anilines is 1. The predicted octanol–water partition coefficient (Wildman–Crippen LogP) is 0.287. The van der Waals surface area contributed by atoms with Crippen LogP contribution in [0.25, 0.3) is 0 Å². The van der Waals surface area contributed by atoms with Gasteiger partial charge in [-0.2, -0.15) is 5.10 Å². The normalized spacial score (nSPS) is 22.1. The zero-order valence-electron chi connectivity index (χ0n) is 11.5. The second kappa shape index (κ2) is 5.02. The van der Waals surface area contributed by atoms with Crippen molar-refractivity contribution in [3.8, 4) is 0 Å². The number of aromatic nitrogens is 2. The average Bonchev–Trinajstić information content (AvgIpc) is 2.83. The van der Waals surface area contributed by atoms with Crippen molar-refractivity contribution in [2.75, 3.05) is 37.7 Å². The van der Waals surface area contributed by atoms with Crippen LogP contribution in [0.4, 0.5) is 11.5 Å². The van der Waals surface area contributed by atoms with Crippen molar-refractivity contribution in [2.45, 2.75) is 18.4 Å². The number of hydrogen-bond donors (Lipinski definition) is 1. The third-order valence-electron chi connectivity index (χ3n) is 4.19. The molecule has 2 fully saturated rings. The highest BCUT2D eigenvalue weighted by molar-refractivity contribution is 5.57. The van der Waals surface area contributed by atoms with E-state index in [1.165, 1.54) is 6.20 Å². The summed E-state index contributed by atoms with van der Waals surface area (Å²) in [6.45, 7) is 4.02. The van der Waals surface area contributed by atoms with Crippen LogP contribution in [0.1, 0.15) is 12.8 Å². The molecule has 1 N–H and O–H groups in total. The van der Waals surface area contributed by atoms with Gasteiger partial charge in [-0.3, -0.25) is 10.1 Å². The van der Waals surface area contributed by atoms with Crippen LogP contribution in [0.5, 0.6) is 0 Å². The van der Waals surface area contributed by atoms with Gasteiger partial charge in [0.05, 0.1) is 17.1 Å². The second-order valence-corrected chi connectivity index (χ2v) is 5.43. The van der Waals surface area contributed by atoms with Crippen molar-refractivity contribution < 1.29 is 9.66 Å². The Morgan fingerprint density at radius 3 is 2.85 bits per heavy atom. The summed E-state index contributed by atoms with van der Waals surface area (Å²) in [5.41, 5.74) is -0.0200. The van der Waals surface area contributed by atoms with E-state index in [0.29, 0.717) is 5.82 Å². The molecule has 2 saturated heterocycles. The number of piperidine rings is 1. The molecule has 20 heavy (non-hydrogen) atoms. The van der Waals surface area contributed by atoms with Crippen LogP contribution in [0.2, 0.25) is 0 Å². The third kappa shape index (κ3) is 2.25. The quantitative estimate of drug-likeness (QED) is 0.619. The Morgan fingerprint density at radius 2 is 2.25 bits per heavy atom. The first-order valence-electron chi connectivity index (χ1n) is 6.87. The van der Waals surface area contributed by atoms with Crippen LogP contribution < -0.4 is 10.2 Å². The number of nitrogens with zero attached hydrogens (tertiary/aromatic N) is 4. The molecule has 0 bridgehead atoms. The highest BCUT2D eigenvalue weighted by Gasteiger charge is 2.39. The van der Waals surface area contributed by atoms with Gasteiger partial charge in [0, 0.05) is 33.2 Å². The summed E-state index contributed by atoms with van der Waals surface area (Å²) in [4.78, 5) is 12.7.